The summed E-state index contributed by atoms with van der Waals surface area (Å²) in [5.41, 5.74) is 0. The predicted octanol–water partition coefficient (Wildman–Crippen LogP) is 1.75. The average Bonchev–Trinajstić information content (AvgIpc) is 1.77. The van der Waals surface area contributed by atoms with Crippen LogP contribution in [0.2, 0.25) is 0 Å². The maximum Gasteiger partial charge on any atom is 0.319 e. The van der Waals surface area contributed by atoms with Gasteiger partial charge in [-0.15, -0.1) is 11.8 Å². The van der Waals surface area contributed by atoms with Crippen LogP contribution >= 0.6 is 11.8 Å². The Hall–Kier alpha value is -0.180. The van der Waals surface area contributed by atoms with E-state index in [-0.39, 0.29) is 0 Å². The molecule has 0 aliphatic heterocycles. The van der Waals surface area contributed by atoms with Gasteiger partial charge in [-0.1, -0.05) is 6.92 Å². The number of aliphatic carboxylic acids is 1. The van der Waals surface area contributed by atoms with Crippen LogP contribution in [0.25, 0.3) is 0 Å². The van der Waals surface area contributed by atoms with Crippen molar-refractivity contribution in [3.8, 4) is 0 Å². The van der Waals surface area contributed by atoms with Crippen LogP contribution in [0.3, 0.4) is 0 Å². The molecule has 0 bridgehead atoms. The monoisotopic (exact) mass is 160 g/mol. The molecule has 1 aliphatic rings. The molecule has 2 nitrogen and oxygen atoms in total. The highest BCUT2D eigenvalue weighted by Crippen LogP contribution is 2.43. The van der Waals surface area contributed by atoms with E-state index in [9.17, 15) is 4.79 Å². The third-order valence-electron chi connectivity index (χ3n) is 1.97. The molecule has 10 heavy (non-hydrogen) atoms. The van der Waals surface area contributed by atoms with Crippen LogP contribution in [0.1, 0.15) is 26.2 Å². The summed E-state index contributed by atoms with van der Waals surface area (Å²) in [4.78, 5) is 10.7. The molecule has 0 saturated heterocycles. The van der Waals surface area contributed by atoms with Gasteiger partial charge in [-0.3, -0.25) is 4.79 Å². The summed E-state index contributed by atoms with van der Waals surface area (Å²) in [7, 11) is 0. The first-order valence-corrected chi connectivity index (χ1v) is 4.57. The molecule has 0 radical (unpaired) electrons. The lowest BCUT2D eigenvalue weighted by atomic mass is 9.84. The molecule has 1 saturated carbocycles. The number of carboxylic acids is 1. The van der Waals surface area contributed by atoms with Gasteiger partial charge in [0, 0.05) is 0 Å². The number of hydrogen-bond donors (Lipinski definition) is 1. The first-order chi connectivity index (χ1) is 4.71. The van der Waals surface area contributed by atoms with E-state index < -0.39 is 10.7 Å². The number of rotatable bonds is 3. The van der Waals surface area contributed by atoms with Crippen LogP contribution in [-0.4, -0.2) is 21.6 Å². The molecule has 0 atom stereocenters. The second kappa shape index (κ2) is 2.82. The maximum absolute atomic E-state index is 10.7. The van der Waals surface area contributed by atoms with Crippen LogP contribution in [-0.2, 0) is 4.79 Å². The van der Waals surface area contributed by atoms with E-state index >= 15 is 0 Å². The zero-order valence-corrected chi connectivity index (χ0v) is 6.91. The topological polar surface area (TPSA) is 37.3 Å². The first-order valence-electron chi connectivity index (χ1n) is 3.58. The van der Waals surface area contributed by atoms with Gasteiger partial charge >= 0.3 is 5.97 Å². The molecule has 0 aromatic heterocycles. The van der Waals surface area contributed by atoms with Gasteiger partial charge in [-0.25, -0.2) is 0 Å². The number of thioether (sulfide) groups is 1. The van der Waals surface area contributed by atoms with Crippen molar-refractivity contribution < 1.29 is 9.90 Å². The number of carbonyl (C=O) groups is 1. The highest BCUT2D eigenvalue weighted by molar-refractivity contribution is 8.01. The van der Waals surface area contributed by atoms with E-state index in [4.69, 9.17) is 5.11 Å². The van der Waals surface area contributed by atoms with Crippen LogP contribution < -0.4 is 0 Å². The third-order valence-corrected chi connectivity index (χ3v) is 3.40. The van der Waals surface area contributed by atoms with Crippen molar-refractivity contribution in [2.45, 2.75) is 30.9 Å². The summed E-state index contributed by atoms with van der Waals surface area (Å²) in [5.74, 6) is 0.289. The smallest absolute Gasteiger partial charge is 0.319 e. The van der Waals surface area contributed by atoms with E-state index in [2.05, 4.69) is 0 Å². The highest BCUT2D eigenvalue weighted by atomic mass is 32.2. The van der Waals surface area contributed by atoms with Gasteiger partial charge in [-0.05, 0) is 25.0 Å². The summed E-state index contributed by atoms with van der Waals surface area (Å²) in [6, 6.07) is 0. The summed E-state index contributed by atoms with van der Waals surface area (Å²) < 4.78 is -0.394. The maximum atomic E-state index is 10.7. The van der Waals surface area contributed by atoms with Crippen molar-refractivity contribution in [2.24, 2.45) is 0 Å². The lowest BCUT2D eigenvalue weighted by molar-refractivity contribution is -0.142. The minimum absolute atomic E-state index is 0.394. The van der Waals surface area contributed by atoms with Gasteiger partial charge in [0.05, 0.1) is 0 Å². The molecular formula is C7H12O2S. The van der Waals surface area contributed by atoms with Crippen LogP contribution in [0.5, 0.6) is 0 Å². The van der Waals surface area contributed by atoms with Crippen molar-refractivity contribution in [3.63, 3.8) is 0 Å². The number of carboxylic acid groups (broad SMARTS) is 1. The molecule has 1 rings (SSSR count). The van der Waals surface area contributed by atoms with Gasteiger partial charge in [-0.2, -0.15) is 0 Å². The Morgan fingerprint density at radius 1 is 1.70 bits per heavy atom. The van der Waals surface area contributed by atoms with Gasteiger partial charge in [0.2, 0.25) is 0 Å². The van der Waals surface area contributed by atoms with E-state index in [1.807, 2.05) is 6.92 Å². The Kier molecular flexibility index (Phi) is 2.24. The minimum atomic E-state index is -0.620. The Balaban J connectivity index is 2.50. The second-order valence-corrected chi connectivity index (χ2v) is 4.23. The van der Waals surface area contributed by atoms with E-state index in [0.29, 0.717) is 0 Å². The summed E-state index contributed by atoms with van der Waals surface area (Å²) in [5, 5.41) is 8.79. The first kappa shape index (κ1) is 7.92. The molecular weight excluding hydrogens is 148 g/mol. The van der Waals surface area contributed by atoms with Crippen molar-refractivity contribution in [3.05, 3.63) is 0 Å². The van der Waals surface area contributed by atoms with Crippen molar-refractivity contribution in [2.75, 3.05) is 5.75 Å². The molecule has 0 unspecified atom stereocenters. The fourth-order valence-electron chi connectivity index (χ4n) is 1.19. The molecule has 3 heteroatoms. The number of hydrogen-bond acceptors (Lipinski definition) is 2. The van der Waals surface area contributed by atoms with Gasteiger partial charge in [0.25, 0.3) is 0 Å². The van der Waals surface area contributed by atoms with Gasteiger partial charge < -0.3 is 5.11 Å². The highest BCUT2D eigenvalue weighted by Gasteiger charge is 2.44. The average molecular weight is 160 g/mol. The largest absolute Gasteiger partial charge is 0.480 e. The lowest BCUT2D eigenvalue weighted by Crippen LogP contribution is -2.42. The molecule has 0 spiro atoms. The summed E-state index contributed by atoms with van der Waals surface area (Å²) in [6.45, 7) is 2.01. The van der Waals surface area contributed by atoms with Crippen molar-refractivity contribution in [1.82, 2.24) is 0 Å². The lowest BCUT2D eigenvalue weighted by Gasteiger charge is -2.36. The van der Waals surface area contributed by atoms with Gasteiger partial charge in [0.1, 0.15) is 4.75 Å². The molecule has 0 aromatic carbocycles. The zero-order chi connectivity index (χ0) is 7.61. The summed E-state index contributed by atoms with van der Waals surface area (Å²) in [6.07, 6.45) is 2.81. The minimum Gasteiger partial charge on any atom is -0.480 e. The van der Waals surface area contributed by atoms with E-state index in [1.54, 1.807) is 11.8 Å². The fourth-order valence-corrected chi connectivity index (χ4v) is 2.45. The Labute approximate surface area is 65.0 Å². The standard InChI is InChI=1S/C7H12O2S/c1-2-10-7(6(8)9)4-3-5-7/h2-5H2,1H3,(H,8,9). The third kappa shape index (κ3) is 1.15. The molecule has 58 valence electrons. The SMILES string of the molecule is CCSC1(C(=O)O)CCC1. The van der Waals surface area contributed by atoms with Crippen LogP contribution in [0.15, 0.2) is 0 Å². The predicted molar refractivity (Wildman–Crippen MR) is 42.3 cm³/mol. The molecule has 0 amide bonds. The van der Waals surface area contributed by atoms with Crippen LogP contribution in [0.4, 0.5) is 0 Å². The Bertz CT molecular complexity index is 141. The normalized spacial score (nSPS) is 21.7. The molecule has 0 heterocycles. The molecule has 1 fully saturated rings. The van der Waals surface area contributed by atoms with E-state index in [0.717, 1.165) is 25.0 Å². The molecule has 0 aromatic rings. The fraction of sp³-hybridized carbons (Fsp3) is 0.857. The Morgan fingerprint density at radius 2 is 2.30 bits per heavy atom. The zero-order valence-electron chi connectivity index (χ0n) is 6.09. The quantitative estimate of drug-likeness (QED) is 0.683. The molecule has 1 N–H and O–H groups in total. The van der Waals surface area contributed by atoms with E-state index in [1.165, 1.54) is 0 Å². The van der Waals surface area contributed by atoms with Crippen molar-refractivity contribution in [1.29, 1.82) is 0 Å². The van der Waals surface area contributed by atoms with Crippen molar-refractivity contribution >= 4 is 17.7 Å². The Morgan fingerprint density at radius 3 is 2.40 bits per heavy atom. The van der Waals surface area contributed by atoms with Gasteiger partial charge in [0.15, 0.2) is 0 Å². The molecule has 1 aliphatic carbocycles. The second-order valence-electron chi connectivity index (χ2n) is 2.59. The summed E-state index contributed by atoms with van der Waals surface area (Å²) >= 11 is 1.57. The van der Waals surface area contributed by atoms with Crippen LogP contribution in [0, 0.1) is 0 Å².